The van der Waals surface area contributed by atoms with Crippen molar-refractivity contribution in [3.8, 4) is 11.4 Å². The largest absolute Gasteiger partial charge is 0.368 e. The molecular formula is C15H17N5. The summed E-state index contributed by atoms with van der Waals surface area (Å²) in [6.07, 6.45) is 5.56. The minimum absolute atomic E-state index is 0.0424. The molecule has 0 spiro atoms. The summed E-state index contributed by atoms with van der Waals surface area (Å²) in [4.78, 5) is 16.8. The summed E-state index contributed by atoms with van der Waals surface area (Å²) in [5.41, 5.74) is 6.70. The third-order valence-electron chi connectivity index (χ3n) is 2.74. The first-order chi connectivity index (χ1) is 9.70. The van der Waals surface area contributed by atoms with Crippen LogP contribution in [0.2, 0.25) is 0 Å². The number of hydrogen-bond donors (Lipinski definition) is 1. The van der Waals surface area contributed by atoms with Crippen molar-refractivity contribution >= 4 is 12.2 Å². The van der Waals surface area contributed by atoms with Crippen LogP contribution in [0.5, 0.6) is 0 Å². The molecule has 2 aromatic rings. The molecule has 0 bridgehead atoms. The summed E-state index contributed by atoms with van der Waals surface area (Å²) in [6, 6.07) is 9.72. The molecular weight excluding hydrogens is 250 g/mol. The summed E-state index contributed by atoms with van der Waals surface area (Å²) in [6.45, 7) is 2.00. The third kappa shape index (κ3) is 3.47. The second-order valence-corrected chi connectivity index (χ2v) is 4.32. The van der Waals surface area contributed by atoms with Gasteiger partial charge in [-0.3, -0.25) is 4.99 Å². The maximum atomic E-state index is 5.78. The lowest BCUT2D eigenvalue weighted by Gasteiger charge is -2.08. The van der Waals surface area contributed by atoms with Gasteiger partial charge in [0.1, 0.15) is 5.82 Å². The van der Waals surface area contributed by atoms with Gasteiger partial charge in [-0.25, -0.2) is 4.98 Å². The quantitative estimate of drug-likeness (QED) is 0.863. The molecule has 0 aliphatic rings. The molecule has 2 N–H and O–H groups in total. The van der Waals surface area contributed by atoms with Crippen LogP contribution in [0.15, 0.2) is 47.5 Å². The van der Waals surface area contributed by atoms with E-state index in [0.29, 0.717) is 11.6 Å². The standard InChI is InChI=1S/C15H17N5/c1-11(7-6-10-17-2)13-18-14(20-15(16)19-13)12-8-4-3-5-9-12/h3-11H,1-2H3,(H2,16,18,19,20)/b7-6-,17-10-. The topological polar surface area (TPSA) is 77.0 Å². The van der Waals surface area contributed by atoms with E-state index < -0.39 is 0 Å². The van der Waals surface area contributed by atoms with Crippen LogP contribution in [-0.2, 0) is 0 Å². The van der Waals surface area contributed by atoms with Crippen molar-refractivity contribution < 1.29 is 0 Å². The lowest BCUT2D eigenvalue weighted by Crippen LogP contribution is -2.06. The molecule has 1 heterocycles. The zero-order chi connectivity index (χ0) is 14.4. The molecule has 5 nitrogen and oxygen atoms in total. The molecule has 20 heavy (non-hydrogen) atoms. The van der Waals surface area contributed by atoms with Crippen LogP contribution < -0.4 is 5.73 Å². The van der Waals surface area contributed by atoms with Crippen molar-refractivity contribution in [1.82, 2.24) is 15.0 Å². The molecule has 0 radical (unpaired) electrons. The van der Waals surface area contributed by atoms with Gasteiger partial charge < -0.3 is 5.73 Å². The Bertz CT molecular complexity index is 619. The molecule has 0 aliphatic heterocycles. The third-order valence-corrected chi connectivity index (χ3v) is 2.74. The van der Waals surface area contributed by atoms with E-state index in [1.54, 1.807) is 13.3 Å². The number of anilines is 1. The molecule has 0 amide bonds. The Morgan fingerprint density at radius 2 is 1.90 bits per heavy atom. The maximum Gasteiger partial charge on any atom is 0.223 e. The number of rotatable bonds is 4. The van der Waals surface area contributed by atoms with Gasteiger partial charge in [0.2, 0.25) is 5.95 Å². The van der Waals surface area contributed by atoms with Crippen molar-refractivity contribution in [2.45, 2.75) is 12.8 Å². The Labute approximate surface area is 118 Å². The first-order valence-corrected chi connectivity index (χ1v) is 6.36. The average molecular weight is 267 g/mol. The van der Waals surface area contributed by atoms with Crippen LogP contribution in [0.1, 0.15) is 18.7 Å². The Morgan fingerprint density at radius 1 is 1.15 bits per heavy atom. The van der Waals surface area contributed by atoms with Gasteiger partial charge >= 0.3 is 0 Å². The molecule has 0 saturated carbocycles. The number of nitrogen functional groups attached to an aromatic ring is 1. The van der Waals surface area contributed by atoms with Crippen molar-refractivity contribution in [2.24, 2.45) is 4.99 Å². The van der Waals surface area contributed by atoms with Gasteiger partial charge in [0.25, 0.3) is 0 Å². The summed E-state index contributed by atoms with van der Waals surface area (Å²) in [7, 11) is 1.73. The zero-order valence-corrected chi connectivity index (χ0v) is 11.6. The minimum Gasteiger partial charge on any atom is -0.368 e. The summed E-state index contributed by atoms with van der Waals surface area (Å²) < 4.78 is 0. The lowest BCUT2D eigenvalue weighted by molar-refractivity contribution is 0.830. The number of aromatic nitrogens is 3. The number of nitrogens with two attached hydrogens (primary N) is 1. The van der Waals surface area contributed by atoms with Crippen LogP contribution in [0.25, 0.3) is 11.4 Å². The molecule has 0 fully saturated rings. The highest BCUT2D eigenvalue weighted by Crippen LogP contribution is 2.18. The molecule has 1 aromatic heterocycles. The molecule has 1 aromatic carbocycles. The highest BCUT2D eigenvalue weighted by molar-refractivity contribution is 5.71. The predicted octanol–water partition coefficient (Wildman–Crippen LogP) is 2.48. The molecule has 2 rings (SSSR count). The molecule has 0 aliphatic carbocycles. The summed E-state index contributed by atoms with van der Waals surface area (Å²) in [5, 5.41) is 0. The van der Waals surface area contributed by atoms with Crippen molar-refractivity contribution in [3.63, 3.8) is 0 Å². The molecule has 102 valence electrons. The van der Waals surface area contributed by atoms with Gasteiger partial charge in [-0.05, 0) is 6.08 Å². The van der Waals surface area contributed by atoms with E-state index in [4.69, 9.17) is 5.73 Å². The first-order valence-electron chi connectivity index (χ1n) is 6.36. The van der Waals surface area contributed by atoms with E-state index in [1.165, 1.54) is 0 Å². The van der Waals surface area contributed by atoms with Crippen LogP contribution >= 0.6 is 0 Å². The predicted molar refractivity (Wildman–Crippen MR) is 81.6 cm³/mol. The average Bonchev–Trinajstić information content (AvgIpc) is 2.47. The van der Waals surface area contributed by atoms with Gasteiger partial charge in [-0.15, -0.1) is 0 Å². The molecule has 5 heteroatoms. The van der Waals surface area contributed by atoms with Crippen molar-refractivity contribution in [3.05, 3.63) is 48.3 Å². The Balaban J connectivity index is 2.34. The van der Waals surface area contributed by atoms with Gasteiger partial charge in [-0.2, -0.15) is 9.97 Å². The van der Waals surface area contributed by atoms with Gasteiger partial charge in [0.05, 0.1) is 0 Å². The smallest absolute Gasteiger partial charge is 0.223 e. The Kier molecular flexibility index (Phi) is 4.55. The summed E-state index contributed by atoms with van der Waals surface area (Å²) >= 11 is 0. The minimum atomic E-state index is 0.0424. The SMILES string of the molecule is C/N=C\C=C/C(C)c1nc(N)nc(-c2ccccc2)n1. The highest BCUT2D eigenvalue weighted by atomic mass is 15.1. The van der Waals surface area contributed by atoms with Crippen LogP contribution in [0, 0.1) is 0 Å². The van der Waals surface area contributed by atoms with Gasteiger partial charge in [0, 0.05) is 24.7 Å². The lowest BCUT2D eigenvalue weighted by atomic mass is 10.1. The second-order valence-electron chi connectivity index (χ2n) is 4.32. The van der Waals surface area contributed by atoms with Crippen molar-refractivity contribution in [2.75, 3.05) is 12.8 Å². The van der Waals surface area contributed by atoms with E-state index in [0.717, 1.165) is 5.56 Å². The monoisotopic (exact) mass is 267 g/mol. The summed E-state index contributed by atoms with van der Waals surface area (Å²) in [5.74, 6) is 1.52. The zero-order valence-electron chi connectivity index (χ0n) is 11.6. The fraction of sp³-hybridized carbons (Fsp3) is 0.200. The second kappa shape index (κ2) is 6.56. The normalized spacial score (nSPS) is 13.1. The molecule has 1 unspecified atom stereocenters. The molecule has 1 atom stereocenters. The Hall–Kier alpha value is -2.56. The fourth-order valence-electron chi connectivity index (χ4n) is 1.72. The number of allylic oxidation sites excluding steroid dienone is 2. The maximum absolute atomic E-state index is 5.78. The van der Waals surface area contributed by atoms with E-state index in [-0.39, 0.29) is 11.9 Å². The number of hydrogen-bond acceptors (Lipinski definition) is 5. The first kappa shape index (κ1) is 13.9. The van der Waals surface area contributed by atoms with Crippen LogP contribution in [0.4, 0.5) is 5.95 Å². The highest BCUT2D eigenvalue weighted by Gasteiger charge is 2.10. The Morgan fingerprint density at radius 3 is 2.60 bits per heavy atom. The van der Waals surface area contributed by atoms with E-state index in [1.807, 2.05) is 49.4 Å². The van der Waals surface area contributed by atoms with Crippen LogP contribution in [0.3, 0.4) is 0 Å². The number of benzene rings is 1. The van der Waals surface area contributed by atoms with E-state index >= 15 is 0 Å². The molecule has 0 saturated heterocycles. The number of aliphatic imine (C=N–C) groups is 1. The number of nitrogens with zero attached hydrogens (tertiary/aromatic N) is 4. The van der Waals surface area contributed by atoms with Crippen molar-refractivity contribution in [1.29, 1.82) is 0 Å². The van der Waals surface area contributed by atoms with Gasteiger partial charge in [-0.1, -0.05) is 43.3 Å². The van der Waals surface area contributed by atoms with Crippen LogP contribution in [-0.4, -0.2) is 28.2 Å². The van der Waals surface area contributed by atoms with E-state index in [9.17, 15) is 0 Å². The fourth-order valence-corrected chi connectivity index (χ4v) is 1.72. The van der Waals surface area contributed by atoms with E-state index in [2.05, 4.69) is 19.9 Å². The van der Waals surface area contributed by atoms with Gasteiger partial charge in [0.15, 0.2) is 5.82 Å².